The van der Waals surface area contributed by atoms with Crippen LogP contribution in [0.25, 0.3) is 10.9 Å². The molecule has 0 spiro atoms. The predicted octanol–water partition coefficient (Wildman–Crippen LogP) is 0.910. The minimum atomic E-state index is -0.176. The van der Waals surface area contributed by atoms with Crippen molar-refractivity contribution in [2.45, 2.75) is 12.8 Å². The van der Waals surface area contributed by atoms with Crippen LogP contribution in [0.5, 0.6) is 11.5 Å². The average Bonchev–Trinajstić information content (AvgIpc) is 2.58. The number of ether oxygens (including phenoxy) is 2. The summed E-state index contributed by atoms with van der Waals surface area (Å²) in [5.41, 5.74) is 1.12. The molecule has 1 aliphatic heterocycles. The Balaban J connectivity index is 1.70. The number of H-pyrrole nitrogens is 1. The van der Waals surface area contributed by atoms with Crippen LogP contribution in [-0.2, 0) is 11.2 Å². The van der Waals surface area contributed by atoms with Crippen LogP contribution in [0, 0.1) is 0 Å². The summed E-state index contributed by atoms with van der Waals surface area (Å²) in [5, 5.41) is 3.72. The molecule has 0 radical (unpaired) electrons. The van der Waals surface area contributed by atoms with E-state index in [-0.39, 0.29) is 17.9 Å². The van der Waals surface area contributed by atoms with Crippen LogP contribution < -0.4 is 20.3 Å². The molecule has 7 heteroatoms. The Hall–Kier alpha value is -2.54. The largest absolute Gasteiger partial charge is 0.486 e. The second-order valence-electron chi connectivity index (χ2n) is 6.36. The number of likely N-dealkylation sites (N-methyl/N-ethyl adjacent to an activating group) is 1. The Morgan fingerprint density at radius 1 is 1.20 bits per heavy atom. The second kappa shape index (κ2) is 7.57. The van der Waals surface area contributed by atoms with Gasteiger partial charge in [-0.3, -0.25) is 9.59 Å². The number of amides is 1. The number of pyridine rings is 1. The van der Waals surface area contributed by atoms with Crippen molar-refractivity contribution in [3.05, 3.63) is 34.1 Å². The highest BCUT2D eigenvalue weighted by Crippen LogP contribution is 2.33. The van der Waals surface area contributed by atoms with Crippen molar-refractivity contribution < 1.29 is 14.3 Å². The zero-order valence-corrected chi connectivity index (χ0v) is 14.6. The number of benzene rings is 1. The first-order valence-corrected chi connectivity index (χ1v) is 8.40. The van der Waals surface area contributed by atoms with Crippen LogP contribution in [0.2, 0.25) is 0 Å². The smallest absolute Gasteiger partial charge is 0.251 e. The standard InChI is InChI=1S/C18H23N3O4/c1-21(2)6-5-19-17(22)4-3-12-9-13-10-15-16(25-8-7-24-15)11-14(13)20-18(12)23/h9-11H,3-8H2,1-2H3,(H,19,22)(H,20,23). The molecule has 1 aliphatic rings. The van der Waals surface area contributed by atoms with Crippen LogP contribution in [0.15, 0.2) is 23.0 Å². The highest BCUT2D eigenvalue weighted by molar-refractivity contribution is 5.83. The molecule has 1 aromatic carbocycles. The second-order valence-corrected chi connectivity index (χ2v) is 6.36. The number of carbonyl (C=O) groups is 1. The minimum absolute atomic E-state index is 0.0523. The lowest BCUT2D eigenvalue weighted by molar-refractivity contribution is -0.121. The lowest BCUT2D eigenvalue weighted by Crippen LogP contribution is -2.31. The molecule has 0 aliphatic carbocycles. The Morgan fingerprint density at radius 2 is 1.92 bits per heavy atom. The first kappa shape index (κ1) is 17.3. The molecule has 0 bridgehead atoms. The van der Waals surface area contributed by atoms with Crippen molar-refractivity contribution >= 4 is 16.8 Å². The zero-order chi connectivity index (χ0) is 17.8. The molecule has 1 aromatic heterocycles. The average molecular weight is 345 g/mol. The van der Waals surface area contributed by atoms with Gasteiger partial charge >= 0.3 is 0 Å². The molecular weight excluding hydrogens is 322 g/mol. The SMILES string of the molecule is CN(C)CCNC(=O)CCc1cc2cc3c(cc2[nH]c1=O)OCCO3. The maximum Gasteiger partial charge on any atom is 0.251 e. The van der Waals surface area contributed by atoms with Gasteiger partial charge in [0.05, 0.1) is 5.52 Å². The van der Waals surface area contributed by atoms with E-state index < -0.39 is 0 Å². The van der Waals surface area contributed by atoms with E-state index in [2.05, 4.69) is 10.3 Å². The highest BCUT2D eigenvalue weighted by atomic mass is 16.6. The van der Waals surface area contributed by atoms with Gasteiger partial charge in [-0.1, -0.05) is 0 Å². The van der Waals surface area contributed by atoms with Gasteiger partial charge in [0.1, 0.15) is 13.2 Å². The van der Waals surface area contributed by atoms with Crippen LogP contribution >= 0.6 is 0 Å². The van der Waals surface area contributed by atoms with Gasteiger partial charge in [-0.05, 0) is 32.6 Å². The van der Waals surface area contributed by atoms with Gasteiger partial charge in [-0.15, -0.1) is 0 Å². The lowest BCUT2D eigenvalue weighted by atomic mass is 10.1. The first-order valence-electron chi connectivity index (χ1n) is 8.40. The summed E-state index contributed by atoms with van der Waals surface area (Å²) in [6, 6.07) is 5.46. The van der Waals surface area contributed by atoms with Crippen molar-refractivity contribution in [3.63, 3.8) is 0 Å². The number of fused-ring (bicyclic) bond motifs is 2. The molecule has 0 fully saturated rings. The number of hydrogen-bond acceptors (Lipinski definition) is 5. The third kappa shape index (κ3) is 4.30. The third-order valence-corrected chi connectivity index (χ3v) is 4.09. The van der Waals surface area contributed by atoms with Crippen LogP contribution in [-0.4, -0.2) is 56.2 Å². The van der Waals surface area contributed by atoms with E-state index in [1.54, 1.807) is 6.07 Å². The van der Waals surface area contributed by atoms with Gasteiger partial charge < -0.3 is 24.7 Å². The topological polar surface area (TPSA) is 83.7 Å². The number of carbonyl (C=O) groups excluding carboxylic acids is 1. The van der Waals surface area contributed by atoms with E-state index in [0.717, 1.165) is 11.9 Å². The molecule has 0 atom stereocenters. The Bertz CT molecular complexity index is 829. The molecule has 134 valence electrons. The van der Waals surface area contributed by atoms with Gasteiger partial charge in [-0.2, -0.15) is 0 Å². The summed E-state index contributed by atoms with van der Waals surface area (Å²) in [6.45, 7) is 2.41. The normalized spacial score (nSPS) is 13.2. The highest BCUT2D eigenvalue weighted by Gasteiger charge is 2.14. The van der Waals surface area contributed by atoms with Crippen molar-refractivity contribution in [2.75, 3.05) is 40.4 Å². The van der Waals surface area contributed by atoms with E-state index >= 15 is 0 Å². The Labute approximate surface area is 145 Å². The van der Waals surface area contributed by atoms with E-state index in [0.29, 0.717) is 48.8 Å². The third-order valence-electron chi connectivity index (χ3n) is 4.09. The van der Waals surface area contributed by atoms with Crippen LogP contribution in [0.1, 0.15) is 12.0 Å². The zero-order valence-electron chi connectivity index (χ0n) is 14.6. The molecule has 25 heavy (non-hydrogen) atoms. The predicted molar refractivity (Wildman–Crippen MR) is 95.4 cm³/mol. The van der Waals surface area contributed by atoms with Gasteiger partial charge in [-0.25, -0.2) is 0 Å². The summed E-state index contributed by atoms with van der Waals surface area (Å²) in [6.07, 6.45) is 0.681. The lowest BCUT2D eigenvalue weighted by Gasteiger charge is -2.18. The summed E-state index contributed by atoms with van der Waals surface area (Å²) in [7, 11) is 3.91. The van der Waals surface area contributed by atoms with E-state index in [4.69, 9.17) is 9.47 Å². The quantitative estimate of drug-likeness (QED) is 0.813. The fraction of sp³-hybridized carbons (Fsp3) is 0.444. The molecule has 1 amide bonds. The molecular formula is C18H23N3O4. The molecule has 0 unspecified atom stereocenters. The van der Waals surface area contributed by atoms with Gasteiger partial charge in [0.15, 0.2) is 11.5 Å². The van der Waals surface area contributed by atoms with Gasteiger partial charge in [0.2, 0.25) is 5.91 Å². The number of aromatic amines is 1. The van der Waals surface area contributed by atoms with Crippen molar-refractivity contribution in [1.82, 2.24) is 15.2 Å². The number of nitrogens with one attached hydrogen (secondary N) is 2. The van der Waals surface area contributed by atoms with Crippen LogP contribution in [0.4, 0.5) is 0 Å². The summed E-state index contributed by atoms with van der Waals surface area (Å²) < 4.78 is 11.1. The molecule has 2 heterocycles. The fourth-order valence-electron chi connectivity index (χ4n) is 2.73. The molecule has 0 saturated heterocycles. The maximum atomic E-state index is 12.3. The van der Waals surface area contributed by atoms with Crippen molar-refractivity contribution in [1.29, 1.82) is 0 Å². The summed E-state index contributed by atoms with van der Waals surface area (Å²) >= 11 is 0. The number of rotatable bonds is 6. The van der Waals surface area contributed by atoms with E-state index in [1.807, 2.05) is 31.1 Å². The molecule has 2 aromatic rings. The van der Waals surface area contributed by atoms with Gasteiger partial charge in [0, 0.05) is 36.5 Å². The maximum absolute atomic E-state index is 12.3. The van der Waals surface area contributed by atoms with Crippen molar-refractivity contribution in [2.24, 2.45) is 0 Å². The Kier molecular flexibility index (Phi) is 5.23. The summed E-state index contributed by atoms with van der Waals surface area (Å²) in [5.74, 6) is 1.27. The van der Waals surface area contributed by atoms with Crippen LogP contribution in [0.3, 0.4) is 0 Å². The minimum Gasteiger partial charge on any atom is -0.486 e. The van der Waals surface area contributed by atoms with E-state index in [1.165, 1.54) is 0 Å². The molecule has 2 N–H and O–H groups in total. The van der Waals surface area contributed by atoms with Gasteiger partial charge in [0.25, 0.3) is 5.56 Å². The number of aromatic nitrogens is 1. The number of aryl methyl sites for hydroxylation is 1. The molecule has 0 saturated carbocycles. The first-order chi connectivity index (χ1) is 12.0. The number of hydrogen-bond donors (Lipinski definition) is 2. The molecule has 3 rings (SSSR count). The number of nitrogens with zero attached hydrogens (tertiary/aromatic N) is 1. The van der Waals surface area contributed by atoms with E-state index in [9.17, 15) is 9.59 Å². The summed E-state index contributed by atoms with van der Waals surface area (Å²) in [4.78, 5) is 29.0. The molecule has 7 nitrogen and oxygen atoms in total. The fourth-order valence-corrected chi connectivity index (χ4v) is 2.73. The Morgan fingerprint density at radius 3 is 2.64 bits per heavy atom. The van der Waals surface area contributed by atoms with Crippen molar-refractivity contribution in [3.8, 4) is 11.5 Å². The monoisotopic (exact) mass is 345 g/mol.